The molecule has 0 spiro atoms. The Labute approximate surface area is 106 Å². The van der Waals surface area contributed by atoms with Crippen molar-refractivity contribution in [2.45, 2.75) is 12.3 Å². The Morgan fingerprint density at radius 3 is 2.83 bits per heavy atom. The molecule has 0 aliphatic carbocycles. The molecule has 1 fully saturated rings. The van der Waals surface area contributed by atoms with E-state index in [1.807, 2.05) is 30.3 Å². The molecular formula is C14H13N3O. The first-order valence-electron chi connectivity index (χ1n) is 6.04. The molecule has 2 aliphatic heterocycles. The Balaban J connectivity index is 2.01. The third-order valence-corrected chi connectivity index (χ3v) is 3.49. The van der Waals surface area contributed by atoms with Gasteiger partial charge in [-0.2, -0.15) is 5.26 Å². The van der Waals surface area contributed by atoms with Crippen LogP contribution in [0.5, 0.6) is 0 Å². The van der Waals surface area contributed by atoms with E-state index in [2.05, 4.69) is 11.4 Å². The summed E-state index contributed by atoms with van der Waals surface area (Å²) in [6.07, 6.45) is 0.498. The monoisotopic (exact) mass is 239 g/mol. The second-order valence-corrected chi connectivity index (χ2v) is 4.52. The van der Waals surface area contributed by atoms with E-state index in [4.69, 9.17) is 0 Å². The summed E-state index contributed by atoms with van der Waals surface area (Å²) >= 11 is 0. The molecule has 0 bridgehead atoms. The van der Waals surface area contributed by atoms with Gasteiger partial charge in [-0.15, -0.1) is 0 Å². The average Bonchev–Trinajstić information content (AvgIpc) is 2.90. The van der Waals surface area contributed by atoms with Gasteiger partial charge in [-0.25, -0.2) is 0 Å². The molecular weight excluding hydrogens is 226 g/mol. The first-order chi connectivity index (χ1) is 8.81. The van der Waals surface area contributed by atoms with Crippen molar-refractivity contribution >= 4 is 5.91 Å². The number of benzene rings is 1. The largest absolute Gasteiger partial charge is 0.369 e. The molecule has 4 nitrogen and oxygen atoms in total. The van der Waals surface area contributed by atoms with E-state index in [0.29, 0.717) is 18.5 Å². The zero-order valence-corrected chi connectivity index (χ0v) is 9.89. The molecule has 2 aliphatic rings. The van der Waals surface area contributed by atoms with Gasteiger partial charge in [0.25, 0.3) is 0 Å². The van der Waals surface area contributed by atoms with Crippen molar-refractivity contribution in [3.8, 4) is 6.07 Å². The maximum Gasteiger partial charge on any atom is 0.236 e. The SMILES string of the molecule is N#CC1=C2NCCN2C(=O)C(c2ccccc2)C1. The van der Waals surface area contributed by atoms with Crippen molar-refractivity contribution in [3.63, 3.8) is 0 Å². The van der Waals surface area contributed by atoms with Gasteiger partial charge in [-0.3, -0.25) is 9.69 Å². The molecule has 3 rings (SSSR count). The smallest absolute Gasteiger partial charge is 0.236 e. The number of nitrogens with zero attached hydrogens (tertiary/aromatic N) is 2. The number of amides is 1. The number of allylic oxidation sites excluding steroid dienone is 1. The molecule has 1 saturated heterocycles. The average molecular weight is 239 g/mol. The Morgan fingerprint density at radius 1 is 1.33 bits per heavy atom. The van der Waals surface area contributed by atoms with Crippen LogP contribution in [-0.2, 0) is 4.79 Å². The number of hydrogen-bond donors (Lipinski definition) is 1. The molecule has 1 N–H and O–H groups in total. The maximum absolute atomic E-state index is 12.4. The Bertz CT molecular complexity index is 556. The summed E-state index contributed by atoms with van der Waals surface area (Å²) in [6.45, 7) is 1.39. The van der Waals surface area contributed by atoms with Crippen LogP contribution in [0.2, 0.25) is 0 Å². The van der Waals surface area contributed by atoms with Gasteiger partial charge >= 0.3 is 0 Å². The van der Waals surface area contributed by atoms with Crippen LogP contribution in [-0.4, -0.2) is 23.9 Å². The van der Waals surface area contributed by atoms with Crippen molar-refractivity contribution in [2.24, 2.45) is 0 Å². The van der Waals surface area contributed by atoms with Crippen LogP contribution >= 0.6 is 0 Å². The van der Waals surface area contributed by atoms with E-state index in [1.54, 1.807) is 4.90 Å². The topological polar surface area (TPSA) is 56.1 Å². The van der Waals surface area contributed by atoms with Crippen LogP contribution in [0.25, 0.3) is 0 Å². The Hall–Kier alpha value is -2.28. The maximum atomic E-state index is 12.4. The predicted molar refractivity (Wildman–Crippen MR) is 66.2 cm³/mol. The fourth-order valence-electron chi connectivity index (χ4n) is 2.60. The highest BCUT2D eigenvalue weighted by molar-refractivity contribution is 5.87. The third kappa shape index (κ3) is 1.56. The van der Waals surface area contributed by atoms with Crippen LogP contribution in [0, 0.1) is 11.3 Å². The van der Waals surface area contributed by atoms with Gasteiger partial charge in [0.2, 0.25) is 5.91 Å². The molecule has 0 radical (unpaired) electrons. The zero-order valence-electron chi connectivity index (χ0n) is 9.89. The number of carbonyl (C=O) groups excluding carboxylic acids is 1. The molecule has 1 aromatic rings. The van der Waals surface area contributed by atoms with E-state index in [-0.39, 0.29) is 11.8 Å². The summed E-state index contributed by atoms with van der Waals surface area (Å²) in [7, 11) is 0. The second kappa shape index (κ2) is 4.19. The lowest BCUT2D eigenvalue weighted by molar-refractivity contribution is -0.130. The van der Waals surface area contributed by atoms with Gasteiger partial charge in [-0.1, -0.05) is 30.3 Å². The van der Waals surface area contributed by atoms with Crippen LogP contribution < -0.4 is 5.32 Å². The van der Waals surface area contributed by atoms with Gasteiger partial charge in [0.05, 0.1) is 17.6 Å². The van der Waals surface area contributed by atoms with Gasteiger partial charge in [0.1, 0.15) is 5.82 Å². The number of nitrogens with one attached hydrogen (secondary N) is 1. The van der Waals surface area contributed by atoms with Crippen molar-refractivity contribution in [3.05, 3.63) is 47.3 Å². The van der Waals surface area contributed by atoms with E-state index < -0.39 is 0 Å². The highest BCUT2D eigenvalue weighted by atomic mass is 16.2. The number of hydrogen-bond acceptors (Lipinski definition) is 3. The molecule has 4 heteroatoms. The number of fused-ring (bicyclic) bond motifs is 1. The van der Waals surface area contributed by atoms with E-state index in [9.17, 15) is 10.1 Å². The van der Waals surface area contributed by atoms with Crippen LogP contribution in [0.1, 0.15) is 17.9 Å². The number of carbonyl (C=O) groups is 1. The fraction of sp³-hybridized carbons (Fsp3) is 0.286. The Kier molecular flexibility index (Phi) is 2.52. The van der Waals surface area contributed by atoms with Gasteiger partial charge in [0.15, 0.2) is 0 Å². The van der Waals surface area contributed by atoms with Gasteiger partial charge < -0.3 is 5.32 Å². The summed E-state index contributed by atoms with van der Waals surface area (Å²) in [4.78, 5) is 14.1. The third-order valence-electron chi connectivity index (χ3n) is 3.49. The van der Waals surface area contributed by atoms with Crippen LogP contribution in [0.4, 0.5) is 0 Å². The predicted octanol–water partition coefficient (Wildman–Crippen LogP) is 1.34. The van der Waals surface area contributed by atoms with E-state index >= 15 is 0 Å². The van der Waals surface area contributed by atoms with Crippen molar-refractivity contribution in [1.29, 1.82) is 5.26 Å². The lowest BCUT2D eigenvalue weighted by Crippen LogP contribution is -2.37. The lowest BCUT2D eigenvalue weighted by atomic mass is 9.88. The first kappa shape index (κ1) is 10.8. The molecule has 1 atom stereocenters. The summed E-state index contributed by atoms with van der Waals surface area (Å²) in [5, 5.41) is 12.3. The quantitative estimate of drug-likeness (QED) is 0.804. The highest BCUT2D eigenvalue weighted by Crippen LogP contribution is 2.34. The zero-order chi connectivity index (χ0) is 12.5. The van der Waals surface area contributed by atoms with E-state index in [0.717, 1.165) is 17.9 Å². The first-order valence-corrected chi connectivity index (χ1v) is 6.04. The van der Waals surface area contributed by atoms with Gasteiger partial charge in [0, 0.05) is 19.5 Å². The lowest BCUT2D eigenvalue weighted by Gasteiger charge is -2.29. The summed E-state index contributed by atoms with van der Waals surface area (Å²) < 4.78 is 0. The molecule has 0 aromatic heterocycles. The van der Waals surface area contributed by atoms with Crippen molar-refractivity contribution in [1.82, 2.24) is 10.2 Å². The fourth-order valence-corrected chi connectivity index (χ4v) is 2.60. The minimum atomic E-state index is -0.218. The van der Waals surface area contributed by atoms with Crippen molar-refractivity contribution < 1.29 is 4.79 Å². The van der Waals surface area contributed by atoms with Crippen LogP contribution in [0.3, 0.4) is 0 Å². The summed E-state index contributed by atoms with van der Waals surface area (Å²) in [5.41, 5.74) is 1.67. The molecule has 1 amide bonds. The number of rotatable bonds is 1. The molecule has 2 heterocycles. The minimum Gasteiger partial charge on any atom is -0.369 e. The number of nitriles is 1. The summed E-state index contributed by atoms with van der Waals surface area (Å²) in [5.74, 6) is 0.597. The Morgan fingerprint density at radius 2 is 2.11 bits per heavy atom. The molecule has 18 heavy (non-hydrogen) atoms. The molecule has 0 saturated carbocycles. The van der Waals surface area contributed by atoms with Gasteiger partial charge in [-0.05, 0) is 5.56 Å². The van der Waals surface area contributed by atoms with Crippen molar-refractivity contribution in [2.75, 3.05) is 13.1 Å². The normalized spacial score (nSPS) is 22.5. The molecule has 90 valence electrons. The second-order valence-electron chi connectivity index (χ2n) is 4.52. The van der Waals surface area contributed by atoms with Crippen LogP contribution in [0.15, 0.2) is 41.7 Å². The minimum absolute atomic E-state index is 0.0974. The summed E-state index contributed by atoms with van der Waals surface area (Å²) in [6, 6.07) is 11.9. The highest BCUT2D eigenvalue weighted by Gasteiger charge is 2.37. The van der Waals surface area contributed by atoms with E-state index in [1.165, 1.54) is 0 Å². The standard InChI is InChI=1S/C14H13N3O/c15-9-11-8-12(10-4-2-1-3-5-10)14(18)17-7-6-16-13(11)17/h1-5,12,16H,6-8H2. The molecule has 1 aromatic carbocycles. The molecule has 1 unspecified atom stereocenters.